The molecule has 9 heteroatoms. The number of ether oxygens (including phenoxy) is 1. The molecule has 0 aliphatic rings. The van der Waals surface area contributed by atoms with E-state index in [1.165, 1.54) is 9.13 Å². The Bertz CT molecular complexity index is 1280. The average Bonchev–Trinajstić information content (AvgIpc) is 3.31. The van der Waals surface area contributed by atoms with Crippen molar-refractivity contribution in [3.05, 3.63) is 80.1 Å². The third-order valence-corrected chi connectivity index (χ3v) is 5.20. The topological polar surface area (TPSA) is 97.1 Å². The van der Waals surface area contributed by atoms with Crippen LogP contribution in [0.25, 0.3) is 11.2 Å². The normalized spacial score (nSPS) is 11.4. The van der Waals surface area contributed by atoms with Crippen LogP contribution in [0.1, 0.15) is 22.6 Å². The van der Waals surface area contributed by atoms with Gasteiger partial charge in [-0.1, -0.05) is 35.5 Å². The number of hydrogen-bond donors (Lipinski definition) is 0. The second-order valence-electron chi connectivity index (χ2n) is 7.15. The summed E-state index contributed by atoms with van der Waals surface area (Å²) in [5.74, 6) is 0.585. The van der Waals surface area contributed by atoms with E-state index in [0.717, 1.165) is 11.1 Å². The Balaban J connectivity index is 1.93. The average molecular weight is 409 g/mol. The summed E-state index contributed by atoms with van der Waals surface area (Å²) in [6.07, 6.45) is 1.58. The van der Waals surface area contributed by atoms with Crippen molar-refractivity contribution in [1.82, 2.24) is 23.8 Å². The number of nitrogens with zero attached hydrogens (tertiary/aromatic N) is 5. The standard InChI is InChI=1S/C21H23N5O4/c1-14-17(15(2)30-23-14)12-26-20(27)18-19(22-13-24(18)9-10-29-3)25(21(26)28)11-16-7-5-4-6-8-16/h4-8,13H,9-12H2,1-3H3. The van der Waals surface area contributed by atoms with E-state index in [0.29, 0.717) is 42.3 Å². The molecular formula is C21H23N5O4. The van der Waals surface area contributed by atoms with E-state index in [-0.39, 0.29) is 6.54 Å². The van der Waals surface area contributed by atoms with Gasteiger partial charge in [-0.3, -0.25) is 13.9 Å². The van der Waals surface area contributed by atoms with Gasteiger partial charge in [0.15, 0.2) is 11.2 Å². The zero-order valence-electron chi connectivity index (χ0n) is 17.2. The molecule has 4 aromatic rings. The van der Waals surface area contributed by atoms with Gasteiger partial charge in [0.25, 0.3) is 5.56 Å². The maximum absolute atomic E-state index is 13.4. The molecule has 0 fully saturated rings. The van der Waals surface area contributed by atoms with Gasteiger partial charge in [0, 0.05) is 19.2 Å². The van der Waals surface area contributed by atoms with Gasteiger partial charge in [0.1, 0.15) is 5.76 Å². The first-order valence-corrected chi connectivity index (χ1v) is 9.64. The molecule has 0 saturated carbocycles. The molecular weight excluding hydrogens is 386 g/mol. The highest BCUT2D eigenvalue weighted by atomic mass is 16.5. The zero-order valence-corrected chi connectivity index (χ0v) is 17.2. The molecule has 0 unspecified atom stereocenters. The fourth-order valence-corrected chi connectivity index (χ4v) is 3.53. The lowest BCUT2D eigenvalue weighted by Crippen LogP contribution is -2.41. The number of aromatic nitrogens is 5. The van der Waals surface area contributed by atoms with Crippen molar-refractivity contribution in [1.29, 1.82) is 0 Å². The quantitative estimate of drug-likeness (QED) is 0.461. The summed E-state index contributed by atoms with van der Waals surface area (Å²) in [4.78, 5) is 31.1. The van der Waals surface area contributed by atoms with E-state index in [2.05, 4.69) is 10.1 Å². The summed E-state index contributed by atoms with van der Waals surface area (Å²) in [6.45, 7) is 4.83. The zero-order chi connectivity index (χ0) is 21.3. The molecule has 0 bridgehead atoms. The molecule has 0 aliphatic carbocycles. The van der Waals surface area contributed by atoms with E-state index in [1.807, 2.05) is 30.3 Å². The van der Waals surface area contributed by atoms with E-state index in [9.17, 15) is 9.59 Å². The van der Waals surface area contributed by atoms with Crippen molar-refractivity contribution in [3.8, 4) is 0 Å². The van der Waals surface area contributed by atoms with Gasteiger partial charge in [-0.05, 0) is 19.4 Å². The van der Waals surface area contributed by atoms with Crippen LogP contribution in [0.5, 0.6) is 0 Å². The van der Waals surface area contributed by atoms with Crippen LogP contribution < -0.4 is 11.2 Å². The summed E-state index contributed by atoms with van der Waals surface area (Å²) >= 11 is 0. The molecule has 0 spiro atoms. The fourth-order valence-electron chi connectivity index (χ4n) is 3.53. The second-order valence-corrected chi connectivity index (χ2v) is 7.15. The lowest BCUT2D eigenvalue weighted by molar-refractivity contribution is 0.188. The molecule has 1 aromatic carbocycles. The summed E-state index contributed by atoms with van der Waals surface area (Å²) < 4.78 is 14.9. The summed E-state index contributed by atoms with van der Waals surface area (Å²) in [7, 11) is 1.60. The van der Waals surface area contributed by atoms with Crippen molar-refractivity contribution in [2.45, 2.75) is 33.5 Å². The first-order valence-electron chi connectivity index (χ1n) is 9.64. The molecule has 3 aromatic heterocycles. The number of rotatable bonds is 7. The summed E-state index contributed by atoms with van der Waals surface area (Å²) in [5, 5.41) is 3.94. The van der Waals surface area contributed by atoms with Gasteiger partial charge in [0.05, 0.1) is 31.7 Å². The number of benzene rings is 1. The predicted octanol–water partition coefficient (Wildman–Crippen LogP) is 1.71. The van der Waals surface area contributed by atoms with Gasteiger partial charge in [-0.2, -0.15) is 0 Å². The molecule has 4 rings (SSSR count). The Labute approximate surface area is 172 Å². The molecule has 9 nitrogen and oxygen atoms in total. The highest BCUT2D eigenvalue weighted by Crippen LogP contribution is 2.14. The van der Waals surface area contributed by atoms with Crippen LogP contribution in [0.15, 0.2) is 50.8 Å². The minimum absolute atomic E-state index is 0.0824. The van der Waals surface area contributed by atoms with Crippen molar-refractivity contribution in [2.75, 3.05) is 13.7 Å². The lowest BCUT2D eigenvalue weighted by atomic mass is 10.2. The van der Waals surface area contributed by atoms with E-state index >= 15 is 0 Å². The van der Waals surface area contributed by atoms with Crippen molar-refractivity contribution < 1.29 is 9.26 Å². The van der Waals surface area contributed by atoms with Crippen LogP contribution in [0.2, 0.25) is 0 Å². The third-order valence-electron chi connectivity index (χ3n) is 5.20. The lowest BCUT2D eigenvalue weighted by Gasteiger charge is -2.13. The molecule has 0 atom stereocenters. The Hall–Kier alpha value is -3.46. The second kappa shape index (κ2) is 8.11. The van der Waals surface area contributed by atoms with Crippen LogP contribution in [0.4, 0.5) is 0 Å². The van der Waals surface area contributed by atoms with Crippen molar-refractivity contribution in [2.24, 2.45) is 0 Å². The molecule has 0 amide bonds. The third kappa shape index (κ3) is 3.48. The monoisotopic (exact) mass is 409 g/mol. The maximum atomic E-state index is 13.4. The van der Waals surface area contributed by atoms with E-state index in [4.69, 9.17) is 9.26 Å². The predicted molar refractivity (Wildman–Crippen MR) is 111 cm³/mol. The van der Waals surface area contributed by atoms with E-state index < -0.39 is 11.2 Å². The summed E-state index contributed by atoms with van der Waals surface area (Å²) in [6, 6.07) is 9.61. The first kappa shape index (κ1) is 19.8. The molecule has 30 heavy (non-hydrogen) atoms. The number of fused-ring (bicyclic) bond motifs is 1. The van der Waals surface area contributed by atoms with Gasteiger partial charge in [-0.25, -0.2) is 9.78 Å². The molecule has 0 radical (unpaired) electrons. The highest BCUT2D eigenvalue weighted by Gasteiger charge is 2.20. The number of imidazole rings is 1. The Morgan fingerprint density at radius 2 is 1.83 bits per heavy atom. The van der Waals surface area contributed by atoms with Crippen LogP contribution in [-0.2, 0) is 24.4 Å². The maximum Gasteiger partial charge on any atom is 0.333 e. The van der Waals surface area contributed by atoms with Crippen LogP contribution in [0.3, 0.4) is 0 Å². The Morgan fingerprint density at radius 3 is 2.50 bits per heavy atom. The minimum Gasteiger partial charge on any atom is -0.383 e. The largest absolute Gasteiger partial charge is 0.383 e. The molecule has 0 aliphatic heterocycles. The molecule has 3 heterocycles. The van der Waals surface area contributed by atoms with Crippen LogP contribution in [0, 0.1) is 13.8 Å². The molecule has 0 saturated heterocycles. The SMILES string of the molecule is COCCn1cnc2c1c(=O)n(Cc1c(C)noc1C)c(=O)n2Cc1ccccc1. The molecule has 156 valence electrons. The van der Waals surface area contributed by atoms with Crippen molar-refractivity contribution in [3.63, 3.8) is 0 Å². The van der Waals surface area contributed by atoms with Gasteiger partial charge in [0.2, 0.25) is 0 Å². The van der Waals surface area contributed by atoms with Crippen LogP contribution in [-0.4, -0.2) is 37.6 Å². The Morgan fingerprint density at radius 1 is 1.07 bits per heavy atom. The number of methoxy groups -OCH3 is 1. The van der Waals surface area contributed by atoms with Crippen LogP contribution >= 0.6 is 0 Å². The highest BCUT2D eigenvalue weighted by molar-refractivity contribution is 5.70. The Kier molecular flexibility index (Phi) is 5.37. The van der Waals surface area contributed by atoms with Gasteiger partial charge < -0.3 is 13.8 Å². The van der Waals surface area contributed by atoms with Gasteiger partial charge >= 0.3 is 5.69 Å². The smallest absolute Gasteiger partial charge is 0.333 e. The molecule has 0 N–H and O–H groups in total. The first-order chi connectivity index (χ1) is 14.5. The minimum atomic E-state index is -0.423. The van der Waals surface area contributed by atoms with Crippen molar-refractivity contribution >= 4 is 11.2 Å². The van der Waals surface area contributed by atoms with E-state index in [1.54, 1.807) is 31.9 Å². The van der Waals surface area contributed by atoms with Gasteiger partial charge in [-0.15, -0.1) is 0 Å². The summed E-state index contributed by atoms with van der Waals surface area (Å²) in [5.41, 5.74) is 2.23. The number of hydrogen-bond acceptors (Lipinski definition) is 6. The number of aryl methyl sites for hydroxylation is 2. The fraction of sp³-hybridized carbons (Fsp3) is 0.333.